The summed E-state index contributed by atoms with van der Waals surface area (Å²) < 4.78 is 25.9. The third kappa shape index (κ3) is 3.00. The molecule has 0 bridgehead atoms. The Balaban J connectivity index is 2.77. The summed E-state index contributed by atoms with van der Waals surface area (Å²) in [4.78, 5) is 12.7. The van der Waals surface area contributed by atoms with E-state index in [1.54, 1.807) is 6.92 Å². The smallest absolute Gasteiger partial charge is 0.239 e. The zero-order chi connectivity index (χ0) is 12.3. The van der Waals surface area contributed by atoms with E-state index in [-0.39, 0.29) is 18.0 Å². The second-order valence-electron chi connectivity index (χ2n) is 3.72. The average molecular weight is 228 g/mol. The average Bonchev–Trinajstić information content (AvgIpc) is 2.20. The largest absolute Gasteiger partial charge is 0.340 e. The molecule has 0 aliphatic rings. The van der Waals surface area contributed by atoms with Crippen molar-refractivity contribution in [2.24, 2.45) is 5.73 Å². The van der Waals surface area contributed by atoms with Crippen molar-refractivity contribution in [3.05, 3.63) is 35.4 Å². The summed E-state index contributed by atoms with van der Waals surface area (Å²) in [6.07, 6.45) is 0. The van der Waals surface area contributed by atoms with E-state index in [1.807, 2.05) is 0 Å². The molecule has 0 aromatic heterocycles. The van der Waals surface area contributed by atoms with Crippen LogP contribution in [-0.2, 0) is 11.3 Å². The van der Waals surface area contributed by atoms with Crippen molar-refractivity contribution in [3.63, 3.8) is 0 Å². The van der Waals surface area contributed by atoms with Crippen molar-refractivity contribution in [2.45, 2.75) is 19.5 Å². The summed E-state index contributed by atoms with van der Waals surface area (Å²) >= 11 is 0. The van der Waals surface area contributed by atoms with Crippen molar-refractivity contribution in [1.82, 2.24) is 4.90 Å². The van der Waals surface area contributed by atoms with Gasteiger partial charge in [-0.25, -0.2) is 8.78 Å². The molecule has 0 fully saturated rings. The Labute approximate surface area is 92.8 Å². The van der Waals surface area contributed by atoms with Crippen LogP contribution >= 0.6 is 0 Å². The standard InChI is InChI=1S/C11H14F2N2O/c1-7(14)11(16)15(2)6-8-3-4-9(12)5-10(8)13/h3-5,7H,6,14H2,1-2H3/t7-/m0/s1. The van der Waals surface area contributed by atoms with E-state index >= 15 is 0 Å². The quantitative estimate of drug-likeness (QED) is 0.846. The first-order valence-corrected chi connectivity index (χ1v) is 4.86. The number of benzene rings is 1. The lowest BCUT2D eigenvalue weighted by Crippen LogP contribution is -2.39. The first-order chi connectivity index (χ1) is 7.41. The minimum atomic E-state index is -0.663. The molecule has 1 amide bonds. The molecule has 5 heteroatoms. The number of nitrogens with zero attached hydrogens (tertiary/aromatic N) is 1. The van der Waals surface area contributed by atoms with Crippen LogP contribution in [0.15, 0.2) is 18.2 Å². The Morgan fingerprint density at radius 3 is 2.62 bits per heavy atom. The molecule has 0 spiro atoms. The highest BCUT2D eigenvalue weighted by Gasteiger charge is 2.15. The number of amides is 1. The minimum absolute atomic E-state index is 0.0759. The minimum Gasteiger partial charge on any atom is -0.340 e. The second kappa shape index (κ2) is 5.03. The van der Waals surface area contributed by atoms with Crippen LogP contribution in [0.2, 0.25) is 0 Å². The fraction of sp³-hybridized carbons (Fsp3) is 0.364. The highest BCUT2D eigenvalue weighted by atomic mass is 19.1. The normalized spacial score (nSPS) is 12.3. The van der Waals surface area contributed by atoms with Gasteiger partial charge in [-0.2, -0.15) is 0 Å². The van der Waals surface area contributed by atoms with E-state index in [0.717, 1.165) is 12.1 Å². The van der Waals surface area contributed by atoms with Gasteiger partial charge in [-0.15, -0.1) is 0 Å². The van der Waals surface area contributed by atoms with Crippen LogP contribution in [0.4, 0.5) is 8.78 Å². The summed E-state index contributed by atoms with van der Waals surface area (Å²) in [6.45, 7) is 1.63. The molecule has 1 aromatic rings. The zero-order valence-electron chi connectivity index (χ0n) is 9.21. The Hall–Kier alpha value is -1.49. The molecular formula is C11H14F2N2O. The highest BCUT2D eigenvalue weighted by molar-refractivity contribution is 5.80. The van der Waals surface area contributed by atoms with E-state index < -0.39 is 17.7 Å². The van der Waals surface area contributed by atoms with Gasteiger partial charge in [-0.1, -0.05) is 6.07 Å². The summed E-state index contributed by atoms with van der Waals surface area (Å²) in [6, 6.07) is 2.63. The van der Waals surface area contributed by atoms with Gasteiger partial charge >= 0.3 is 0 Å². The van der Waals surface area contributed by atoms with E-state index in [4.69, 9.17) is 5.73 Å². The number of carbonyl (C=O) groups is 1. The molecular weight excluding hydrogens is 214 g/mol. The summed E-state index contributed by atoms with van der Waals surface area (Å²) in [5, 5.41) is 0. The monoisotopic (exact) mass is 228 g/mol. The predicted octanol–water partition coefficient (Wildman–Crippen LogP) is 1.27. The van der Waals surface area contributed by atoms with Gasteiger partial charge in [-0.05, 0) is 13.0 Å². The number of halogens is 2. The van der Waals surface area contributed by atoms with Crippen molar-refractivity contribution in [1.29, 1.82) is 0 Å². The summed E-state index contributed by atoms with van der Waals surface area (Å²) in [5.74, 6) is -1.59. The van der Waals surface area contributed by atoms with E-state index in [9.17, 15) is 13.6 Å². The van der Waals surface area contributed by atoms with Gasteiger partial charge in [0, 0.05) is 25.2 Å². The SMILES string of the molecule is C[C@H](N)C(=O)N(C)Cc1ccc(F)cc1F. The van der Waals surface area contributed by atoms with Crippen LogP contribution in [-0.4, -0.2) is 23.9 Å². The number of nitrogens with two attached hydrogens (primary N) is 1. The number of likely N-dealkylation sites (N-methyl/N-ethyl adjacent to an activating group) is 1. The Kier molecular flexibility index (Phi) is 3.95. The van der Waals surface area contributed by atoms with Crippen LogP contribution in [0.3, 0.4) is 0 Å². The van der Waals surface area contributed by atoms with Crippen LogP contribution in [0.1, 0.15) is 12.5 Å². The lowest BCUT2D eigenvalue weighted by Gasteiger charge is -2.19. The molecule has 16 heavy (non-hydrogen) atoms. The van der Waals surface area contributed by atoms with Crippen LogP contribution in [0, 0.1) is 11.6 Å². The van der Waals surface area contributed by atoms with Gasteiger partial charge in [0.2, 0.25) is 5.91 Å². The van der Waals surface area contributed by atoms with Gasteiger partial charge in [-0.3, -0.25) is 4.79 Å². The number of rotatable bonds is 3. The van der Waals surface area contributed by atoms with Crippen molar-refractivity contribution < 1.29 is 13.6 Å². The maximum atomic E-state index is 13.3. The van der Waals surface area contributed by atoms with Crippen molar-refractivity contribution >= 4 is 5.91 Å². The molecule has 88 valence electrons. The summed E-state index contributed by atoms with van der Waals surface area (Å²) in [7, 11) is 1.52. The van der Waals surface area contributed by atoms with Crippen LogP contribution in [0.25, 0.3) is 0 Å². The molecule has 0 unspecified atom stereocenters. The summed E-state index contributed by atoms with van der Waals surface area (Å²) in [5.41, 5.74) is 5.67. The zero-order valence-corrected chi connectivity index (χ0v) is 9.21. The Bertz CT molecular complexity index is 394. The van der Waals surface area contributed by atoms with E-state index in [0.29, 0.717) is 0 Å². The molecule has 0 saturated carbocycles. The van der Waals surface area contributed by atoms with Gasteiger partial charge in [0.05, 0.1) is 6.04 Å². The second-order valence-corrected chi connectivity index (χ2v) is 3.72. The van der Waals surface area contributed by atoms with Crippen molar-refractivity contribution in [3.8, 4) is 0 Å². The first kappa shape index (κ1) is 12.6. The van der Waals surface area contributed by atoms with Crippen LogP contribution in [0.5, 0.6) is 0 Å². The number of carbonyl (C=O) groups excluding carboxylic acids is 1. The third-order valence-electron chi connectivity index (χ3n) is 2.19. The molecule has 1 aromatic carbocycles. The van der Waals surface area contributed by atoms with E-state index in [1.165, 1.54) is 18.0 Å². The first-order valence-electron chi connectivity index (χ1n) is 4.86. The van der Waals surface area contributed by atoms with Crippen LogP contribution < -0.4 is 5.73 Å². The lowest BCUT2D eigenvalue weighted by molar-refractivity contribution is -0.131. The molecule has 1 rings (SSSR count). The molecule has 2 N–H and O–H groups in total. The predicted molar refractivity (Wildman–Crippen MR) is 56.5 cm³/mol. The van der Waals surface area contributed by atoms with E-state index in [2.05, 4.69) is 0 Å². The fourth-order valence-corrected chi connectivity index (χ4v) is 1.33. The fourth-order valence-electron chi connectivity index (χ4n) is 1.33. The Morgan fingerprint density at radius 2 is 2.12 bits per heavy atom. The van der Waals surface area contributed by atoms with Gasteiger partial charge in [0.1, 0.15) is 11.6 Å². The Morgan fingerprint density at radius 1 is 1.50 bits per heavy atom. The maximum absolute atomic E-state index is 13.3. The lowest BCUT2D eigenvalue weighted by atomic mass is 10.2. The van der Waals surface area contributed by atoms with Gasteiger partial charge in [0.15, 0.2) is 0 Å². The molecule has 0 aliphatic carbocycles. The number of hydrogen-bond acceptors (Lipinski definition) is 2. The molecule has 0 radical (unpaired) electrons. The molecule has 3 nitrogen and oxygen atoms in total. The molecule has 0 heterocycles. The molecule has 1 atom stereocenters. The number of hydrogen-bond donors (Lipinski definition) is 1. The highest BCUT2D eigenvalue weighted by Crippen LogP contribution is 2.11. The maximum Gasteiger partial charge on any atom is 0.239 e. The third-order valence-corrected chi connectivity index (χ3v) is 2.19. The topological polar surface area (TPSA) is 46.3 Å². The molecule has 0 saturated heterocycles. The van der Waals surface area contributed by atoms with Gasteiger partial charge in [0.25, 0.3) is 0 Å². The van der Waals surface area contributed by atoms with Gasteiger partial charge < -0.3 is 10.6 Å². The van der Waals surface area contributed by atoms with Crippen molar-refractivity contribution in [2.75, 3.05) is 7.05 Å². The molecule has 0 aliphatic heterocycles.